The zero-order valence-corrected chi connectivity index (χ0v) is 12.9. The summed E-state index contributed by atoms with van der Waals surface area (Å²) in [6, 6.07) is 7.12. The van der Waals surface area contributed by atoms with E-state index in [1.807, 2.05) is 24.3 Å². The lowest BCUT2D eigenvalue weighted by Gasteiger charge is -2.23. The molecule has 0 radical (unpaired) electrons. The average Bonchev–Trinajstić information content (AvgIpc) is 2.73. The molecule has 1 unspecified atom stereocenters. The van der Waals surface area contributed by atoms with Gasteiger partial charge in [0, 0.05) is 31.3 Å². The standard InChI is InChI=1S/C16H23N3O2/c1-4-18(5-2)10-11-19-14-9-7-6-8-13(14)15(16(19)21)17-12(3)20/h6-9,15H,4-5,10-11H2,1-3H3,(H,17,20). The number of benzene rings is 1. The lowest BCUT2D eigenvalue weighted by Crippen LogP contribution is -2.40. The molecule has 0 saturated heterocycles. The number of carbonyl (C=O) groups is 2. The highest BCUT2D eigenvalue weighted by Gasteiger charge is 2.37. The first-order valence-corrected chi connectivity index (χ1v) is 7.48. The summed E-state index contributed by atoms with van der Waals surface area (Å²) >= 11 is 0. The molecule has 1 aromatic carbocycles. The molecule has 21 heavy (non-hydrogen) atoms. The van der Waals surface area contributed by atoms with Crippen molar-refractivity contribution < 1.29 is 9.59 Å². The Hall–Kier alpha value is -1.88. The Morgan fingerprint density at radius 3 is 2.57 bits per heavy atom. The summed E-state index contributed by atoms with van der Waals surface area (Å²) in [7, 11) is 0. The van der Waals surface area contributed by atoms with E-state index in [1.54, 1.807) is 4.90 Å². The van der Waals surface area contributed by atoms with Crippen molar-refractivity contribution in [1.82, 2.24) is 10.2 Å². The van der Waals surface area contributed by atoms with E-state index in [0.29, 0.717) is 6.54 Å². The predicted molar refractivity (Wildman–Crippen MR) is 83.1 cm³/mol. The number of amides is 2. The van der Waals surface area contributed by atoms with Crippen molar-refractivity contribution in [2.24, 2.45) is 0 Å². The number of anilines is 1. The van der Waals surface area contributed by atoms with Crippen molar-refractivity contribution in [1.29, 1.82) is 0 Å². The Morgan fingerprint density at radius 2 is 1.95 bits per heavy atom. The van der Waals surface area contributed by atoms with Gasteiger partial charge in [-0.3, -0.25) is 9.59 Å². The minimum Gasteiger partial charge on any atom is -0.341 e. The lowest BCUT2D eigenvalue weighted by atomic mass is 10.1. The van der Waals surface area contributed by atoms with Gasteiger partial charge in [0.2, 0.25) is 5.91 Å². The van der Waals surface area contributed by atoms with Crippen LogP contribution in [0.15, 0.2) is 24.3 Å². The van der Waals surface area contributed by atoms with Crippen molar-refractivity contribution in [3.63, 3.8) is 0 Å². The van der Waals surface area contributed by atoms with Crippen molar-refractivity contribution in [2.45, 2.75) is 26.8 Å². The van der Waals surface area contributed by atoms with E-state index in [-0.39, 0.29) is 11.8 Å². The molecule has 0 bridgehead atoms. The van der Waals surface area contributed by atoms with Gasteiger partial charge < -0.3 is 15.1 Å². The number of nitrogens with one attached hydrogen (secondary N) is 1. The molecule has 0 fully saturated rings. The maximum absolute atomic E-state index is 12.6. The highest BCUT2D eigenvalue weighted by atomic mass is 16.2. The van der Waals surface area contributed by atoms with Gasteiger partial charge in [0.15, 0.2) is 0 Å². The Kier molecular flexibility index (Phi) is 4.96. The van der Waals surface area contributed by atoms with E-state index < -0.39 is 6.04 Å². The molecular formula is C16H23N3O2. The van der Waals surface area contributed by atoms with Gasteiger partial charge in [0.05, 0.1) is 0 Å². The van der Waals surface area contributed by atoms with E-state index in [9.17, 15) is 9.59 Å². The van der Waals surface area contributed by atoms with E-state index in [1.165, 1.54) is 6.92 Å². The minimum absolute atomic E-state index is 0.0430. The smallest absolute Gasteiger partial charge is 0.254 e. The van der Waals surface area contributed by atoms with E-state index in [4.69, 9.17) is 0 Å². The Morgan fingerprint density at radius 1 is 1.29 bits per heavy atom. The van der Waals surface area contributed by atoms with Gasteiger partial charge in [-0.15, -0.1) is 0 Å². The SMILES string of the molecule is CCN(CC)CCN1C(=O)C(NC(C)=O)c2ccccc21. The number of nitrogens with zero attached hydrogens (tertiary/aromatic N) is 2. The second-order valence-corrected chi connectivity index (χ2v) is 5.21. The third kappa shape index (κ3) is 3.24. The molecule has 1 atom stereocenters. The molecule has 0 aliphatic carbocycles. The van der Waals surface area contributed by atoms with Crippen LogP contribution in [0.25, 0.3) is 0 Å². The molecule has 1 N–H and O–H groups in total. The normalized spacial score (nSPS) is 17.2. The summed E-state index contributed by atoms with van der Waals surface area (Å²) in [5, 5.41) is 2.75. The number of rotatable bonds is 6. The predicted octanol–water partition coefficient (Wildman–Crippen LogP) is 1.55. The Balaban J connectivity index is 2.19. The van der Waals surface area contributed by atoms with Gasteiger partial charge >= 0.3 is 0 Å². The molecule has 2 amide bonds. The first-order valence-electron chi connectivity index (χ1n) is 7.48. The molecule has 1 heterocycles. The highest BCUT2D eigenvalue weighted by Crippen LogP contribution is 2.35. The maximum Gasteiger partial charge on any atom is 0.254 e. The third-order valence-electron chi connectivity index (χ3n) is 3.93. The summed E-state index contributed by atoms with van der Waals surface area (Å²) in [4.78, 5) is 28.0. The van der Waals surface area contributed by atoms with Crippen LogP contribution < -0.4 is 10.2 Å². The molecular weight excluding hydrogens is 266 g/mol. The van der Waals surface area contributed by atoms with Crippen LogP contribution in [0.4, 0.5) is 5.69 Å². The lowest BCUT2D eigenvalue weighted by molar-refractivity contribution is -0.126. The molecule has 5 nitrogen and oxygen atoms in total. The fraction of sp³-hybridized carbons (Fsp3) is 0.500. The average molecular weight is 289 g/mol. The van der Waals surface area contributed by atoms with Gasteiger partial charge in [-0.25, -0.2) is 0 Å². The van der Waals surface area contributed by atoms with E-state index in [0.717, 1.165) is 30.9 Å². The monoisotopic (exact) mass is 289 g/mol. The van der Waals surface area contributed by atoms with Crippen molar-refractivity contribution in [3.05, 3.63) is 29.8 Å². The Bertz CT molecular complexity index is 526. The van der Waals surface area contributed by atoms with Crippen LogP contribution in [-0.4, -0.2) is 42.9 Å². The first kappa shape index (κ1) is 15.5. The second kappa shape index (κ2) is 6.72. The summed E-state index contributed by atoms with van der Waals surface area (Å²) in [6.07, 6.45) is 0. The zero-order chi connectivity index (χ0) is 15.4. The van der Waals surface area contributed by atoms with Crippen LogP contribution in [0.5, 0.6) is 0 Å². The quantitative estimate of drug-likeness (QED) is 0.864. The second-order valence-electron chi connectivity index (χ2n) is 5.21. The number of hydrogen-bond donors (Lipinski definition) is 1. The van der Waals surface area contributed by atoms with E-state index in [2.05, 4.69) is 24.1 Å². The molecule has 0 saturated carbocycles. The van der Waals surface area contributed by atoms with Gasteiger partial charge in [0.25, 0.3) is 5.91 Å². The summed E-state index contributed by atoms with van der Waals surface area (Å²) in [5.41, 5.74) is 1.80. The van der Waals surface area contributed by atoms with Gasteiger partial charge in [-0.1, -0.05) is 32.0 Å². The zero-order valence-electron chi connectivity index (χ0n) is 12.9. The van der Waals surface area contributed by atoms with Gasteiger partial charge in [-0.05, 0) is 19.2 Å². The molecule has 2 rings (SSSR count). The summed E-state index contributed by atoms with van der Waals surface area (Å²) in [5.74, 6) is -0.229. The first-order chi connectivity index (χ1) is 10.1. The van der Waals surface area contributed by atoms with Crippen molar-refractivity contribution in [3.8, 4) is 0 Å². The van der Waals surface area contributed by atoms with Crippen LogP contribution in [0.2, 0.25) is 0 Å². The van der Waals surface area contributed by atoms with Crippen molar-refractivity contribution in [2.75, 3.05) is 31.1 Å². The van der Waals surface area contributed by atoms with Crippen LogP contribution in [0, 0.1) is 0 Å². The topological polar surface area (TPSA) is 52.6 Å². The number of likely N-dealkylation sites (N-methyl/N-ethyl adjacent to an activating group) is 1. The number of para-hydroxylation sites is 1. The number of fused-ring (bicyclic) bond motifs is 1. The molecule has 114 valence electrons. The van der Waals surface area contributed by atoms with Gasteiger partial charge in [0.1, 0.15) is 6.04 Å². The molecule has 1 aliphatic heterocycles. The third-order valence-corrected chi connectivity index (χ3v) is 3.93. The fourth-order valence-corrected chi connectivity index (χ4v) is 2.74. The number of carbonyl (C=O) groups excluding carboxylic acids is 2. The highest BCUT2D eigenvalue weighted by molar-refractivity contribution is 6.06. The summed E-state index contributed by atoms with van der Waals surface area (Å²) in [6.45, 7) is 9.08. The van der Waals surface area contributed by atoms with Crippen LogP contribution in [0.1, 0.15) is 32.4 Å². The number of hydrogen-bond acceptors (Lipinski definition) is 3. The maximum atomic E-state index is 12.6. The molecule has 0 spiro atoms. The van der Waals surface area contributed by atoms with Crippen LogP contribution >= 0.6 is 0 Å². The van der Waals surface area contributed by atoms with E-state index >= 15 is 0 Å². The molecule has 1 aliphatic rings. The largest absolute Gasteiger partial charge is 0.341 e. The summed E-state index contributed by atoms with van der Waals surface area (Å²) < 4.78 is 0. The van der Waals surface area contributed by atoms with Crippen molar-refractivity contribution >= 4 is 17.5 Å². The Labute approximate surface area is 125 Å². The molecule has 5 heteroatoms. The minimum atomic E-state index is -0.546. The van der Waals surface area contributed by atoms with Crippen LogP contribution in [-0.2, 0) is 9.59 Å². The molecule has 0 aromatic heterocycles. The van der Waals surface area contributed by atoms with Gasteiger partial charge in [-0.2, -0.15) is 0 Å². The van der Waals surface area contributed by atoms with Crippen LogP contribution in [0.3, 0.4) is 0 Å². The fourth-order valence-electron chi connectivity index (χ4n) is 2.74. The molecule has 1 aromatic rings.